The van der Waals surface area contributed by atoms with Gasteiger partial charge in [-0.2, -0.15) is 0 Å². The van der Waals surface area contributed by atoms with Gasteiger partial charge in [0.05, 0.1) is 22.7 Å². The van der Waals surface area contributed by atoms with E-state index in [4.69, 9.17) is 8.83 Å². The number of H-pyrrole nitrogens is 1. The Balaban J connectivity index is 1.86. The zero-order chi connectivity index (χ0) is 15.0. The molecule has 2 heterocycles. The van der Waals surface area contributed by atoms with E-state index >= 15 is 0 Å². The highest BCUT2D eigenvalue weighted by atomic mass is 32.2. The predicted molar refractivity (Wildman–Crippen MR) is 72.1 cm³/mol. The lowest BCUT2D eigenvalue weighted by molar-refractivity contribution is 0.520. The van der Waals surface area contributed by atoms with E-state index in [1.807, 2.05) is 0 Å². The molecule has 0 saturated heterocycles. The first-order valence-corrected chi connectivity index (χ1v) is 7.46. The first-order chi connectivity index (χ1) is 9.94. The average molecular weight is 309 g/mol. The van der Waals surface area contributed by atoms with Crippen molar-refractivity contribution in [3.63, 3.8) is 0 Å². The summed E-state index contributed by atoms with van der Waals surface area (Å²) in [6.45, 7) is 1.68. The lowest BCUT2D eigenvalue weighted by atomic mass is 10.3. The van der Waals surface area contributed by atoms with Gasteiger partial charge in [-0.3, -0.25) is 4.98 Å². The summed E-state index contributed by atoms with van der Waals surface area (Å²) >= 11 is 0. The minimum Gasteiger partial charge on any atom is -0.449 e. The van der Waals surface area contributed by atoms with E-state index in [9.17, 15) is 13.2 Å². The predicted octanol–water partition coefficient (Wildman–Crippen LogP) is 0.896. The van der Waals surface area contributed by atoms with Gasteiger partial charge in [-0.15, -0.1) is 0 Å². The Labute approximate surface area is 118 Å². The van der Waals surface area contributed by atoms with Gasteiger partial charge >= 0.3 is 5.76 Å². The van der Waals surface area contributed by atoms with Crippen molar-refractivity contribution in [2.24, 2.45) is 0 Å². The van der Waals surface area contributed by atoms with Crippen molar-refractivity contribution >= 4 is 21.1 Å². The number of rotatable bonds is 4. The number of aryl methyl sites for hydroxylation is 1. The summed E-state index contributed by atoms with van der Waals surface area (Å²) in [5.74, 6) is -0.176. The Kier molecular flexibility index (Phi) is 3.15. The molecule has 8 nitrogen and oxygen atoms in total. The van der Waals surface area contributed by atoms with Crippen LogP contribution in [0.15, 0.2) is 43.0 Å². The molecule has 2 aromatic heterocycles. The van der Waals surface area contributed by atoms with E-state index in [1.54, 1.807) is 6.92 Å². The van der Waals surface area contributed by atoms with Crippen molar-refractivity contribution < 1.29 is 17.3 Å². The number of benzene rings is 1. The maximum atomic E-state index is 12.2. The lowest BCUT2D eigenvalue weighted by Crippen LogP contribution is -2.23. The zero-order valence-electron chi connectivity index (χ0n) is 10.9. The van der Waals surface area contributed by atoms with E-state index in [-0.39, 0.29) is 17.0 Å². The third-order valence-corrected chi connectivity index (χ3v) is 4.21. The molecule has 0 atom stereocenters. The van der Waals surface area contributed by atoms with Crippen LogP contribution in [-0.2, 0) is 16.6 Å². The first-order valence-electron chi connectivity index (χ1n) is 5.97. The Hall–Kier alpha value is -2.39. The van der Waals surface area contributed by atoms with E-state index in [2.05, 4.69) is 14.7 Å². The maximum absolute atomic E-state index is 12.2. The molecule has 3 aromatic rings. The molecule has 1 aromatic carbocycles. The van der Waals surface area contributed by atoms with Crippen LogP contribution >= 0.6 is 0 Å². The van der Waals surface area contributed by atoms with Gasteiger partial charge in [0, 0.05) is 13.0 Å². The number of aromatic amines is 1. The summed E-state index contributed by atoms with van der Waals surface area (Å²) in [4.78, 5) is 17.5. The van der Waals surface area contributed by atoms with Gasteiger partial charge in [-0.1, -0.05) is 0 Å². The van der Waals surface area contributed by atoms with Crippen molar-refractivity contribution in [2.75, 3.05) is 0 Å². The van der Waals surface area contributed by atoms with Gasteiger partial charge in [0.25, 0.3) is 0 Å². The SMILES string of the molecule is Cc1nc(CNS(=O)(=O)c2ccc3[nH]c(=O)oc3c2)co1. The molecule has 110 valence electrons. The van der Waals surface area contributed by atoms with Gasteiger partial charge in [0.1, 0.15) is 6.26 Å². The van der Waals surface area contributed by atoms with Crippen molar-refractivity contribution in [3.05, 3.63) is 46.6 Å². The number of nitrogens with zero attached hydrogens (tertiary/aromatic N) is 1. The molecule has 0 fully saturated rings. The Morgan fingerprint density at radius 3 is 2.90 bits per heavy atom. The Bertz CT molecular complexity index is 951. The minimum atomic E-state index is -3.74. The highest BCUT2D eigenvalue weighted by molar-refractivity contribution is 7.89. The summed E-state index contributed by atoms with van der Waals surface area (Å²) in [7, 11) is -3.74. The number of aromatic nitrogens is 2. The normalized spacial score (nSPS) is 12.0. The topological polar surface area (TPSA) is 118 Å². The highest BCUT2D eigenvalue weighted by Crippen LogP contribution is 2.16. The number of fused-ring (bicyclic) bond motifs is 1. The quantitative estimate of drug-likeness (QED) is 0.739. The van der Waals surface area contributed by atoms with Crippen LogP contribution in [0.4, 0.5) is 0 Å². The second-order valence-electron chi connectivity index (χ2n) is 4.35. The summed E-state index contributed by atoms with van der Waals surface area (Å²) in [5.41, 5.74) is 1.09. The molecule has 0 saturated carbocycles. The Morgan fingerprint density at radius 2 is 2.19 bits per heavy atom. The van der Waals surface area contributed by atoms with Crippen molar-refractivity contribution in [1.29, 1.82) is 0 Å². The molecule has 3 rings (SSSR count). The Morgan fingerprint density at radius 1 is 1.38 bits per heavy atom. The zero-order valence-corrected chi connectivity index (χ0v) is 11.7. The second kappa shape index (κ2) is 4.86. The summed E-state index contributed by atoms with van der Waals surface area (Å²) in [5, 5.41) is 0. The van der Waals surface area contributed by atoms with Crippen molar-refractivity contribution in [3.8, 4) is 0 Å². The van der Waals surface area contributed by atoms with Crippen LogP contribution in [-0.4, -0.2) is 18.4 Å². The van der Waals surface area contributed by atoms with Crippen LogP contribution < -0.4 is 10.5 Å². The first kappa shape index (κ1) is 13.6. The maximum Gasteiger partial charge on any atom is 0.417 e. The smallest absolute Gasteiger partial charge is 0.417 e. The van der Waals surface area contributed by atoms with Gasteiger partial charge in [-0.05, 0) is 12.1 Å². The monoisotopic (exact) mass is 309 g/mol. The minimum absolute atomic E-state index is 0.00188. The van der Waals surface area contributed by atoms with E-state index < -0.39 is 15.8 Å². The number of hydrogen-bond donors (Lipinski definition) is 2. The second-order valence-corrected chi connectivity index (χ2v) is 6.12. The third kappa shape index (κ3) is 2.73. The molecule has 0 amide bonds. The number of hydrogen-bond acceptors (Lipinski definition) is 6. The summed E-state index contributed by atoms with van der Waals surface area (Å²) in [6, 6.07) is 4.13. The lowest BCUT2D eigenvalue weighted by Gasteiger charge is -2.04. The molecule has 21 heavy (non-hydrogen) atoms. The van der Waals surface area contributed by atoms with Crippen molar-refractivity contribution in [1.82, 2.24) is 14.7 Å². The van der Waals surface area contributed by atoms with Gasteiger partial charge < -0.3 is 8.83 Å². The number of oxazole rings is 2. The van der Waals surface area contributed by atoms with Gasteiger partial charge in [-0.25, -0.2) is 22.9 Å². The van der Waals surface area contributed by atoms with Crippen LogP contribution in [0.3, 0.4) is 0 Å². The summed E-state index contributed by atoms with van der Waals surface area (Å²) in [6.07, 6.45) is 1.38. The van der Waals surface area contributed by atoms with Gasteiger partial charge in [0.15, 0.2) is 11.5 Å². The van der Waals surface area contributed by atoms with Gasteiger partial charge in [0.2, 0.25) is 10.0 Å². The molecule has 0 aliphatic rings. The highest BCUT2D eigenvalue weighted by Gasteiger charge is 2.16. The molecule has 0 spiro atoms. The fourth-order valence-corrected chi connectivity index (χ4v) is 2.85. The molecule has 0 aliphatic heterocycles. The van der Waals surface area contributed by atoms with E-state index in [1.165, 1.54) is 24.5 Å². The summed E-state index contributed by atoms with van der Waals surface area (Å²) < 4.78 is 36.6. The molecular formula is C12H11N3O5S. The van der Waals surface area contributed by atoms with Crippen LogP contribution in [0, 0.1) is 6.92 Å². The molecule has 9 heteroatoms. The number of sulfonamides is 1. The van der Waals surface area contributed by atoms with Crippen LogP contribution in [0.1, 0.15) is 11.6 Å². The van der Waals surface area contributed by atoms with E-state index in [0.717, 1.165) is 0 Å². The van der Waals surface area contributed by atoms with E-state index in [0.29, 0.717) is 17.1 Å². The standard InChI is InChI=1S/C12H11N3O5S/c1-7-14-8(6-19-7)5-13-21(17,18)9-2-3-10-11(4-9)20-12(16)15-10/h2-4,6,13H,5H2,1H3,(H,15,16). The van der Waals surface area contributed by atoms with Crippen LogP contribution in [0.5, 0.6) is 0 Å². The van der Waals surface area contributed by atoms with Crippen molar-refractivity contribution in [2.45, 2.75) is 18.4 Å². The van der Waals surface area contributed by atoms with Crippen LogP contribution in [0.2, 0.25) is 0 Å². The molecule has 2 N–H and O–H groups in total. The molecule has 0 aliphatic carbocycles. The molecule has 0 bridgehead atoms. The number of nitrogens with one attached hydrogen (secondary N) is 2. The van der Waals surface area contributed by atoms with Crippen LogP contribution in [0.25, 0.3) is 11.1 Å². The fourth-order valence-electron chi connectivity index (χ4n) is 1.83. The fraction of sp³-hybridized carbons (Fsp3) is 0.167. The molecule has 0 unspecified atom stereocenters. The largest absolute Gasteiger partial charge is 0.449 e. The average Bonchev–Trinajstić information content (AvgIpc) is 3.00. The third-order valence-electron chi connectivity index (χ3n) is 2.81. The molecule has 0 radical (unpaired) electrons. The molecular weight excluding hydrogens is 298 g/mol.